The summed E-state index contributed by atoms with van der Waals surface area (Å²) in [5, 5.41) is 4.66. The van der Waals surface area contributed by atoms with E-state index in [0.717, 1.165) is 36.9 Å². The molecule has 1 aromatic carbocycles. The van der Waals surface area contributed by atoms with E-state index >= 15 is 0 Å². The van der Waals surface area contributed by atoms with Gasteiger partial charge in [0.1, 0.15) is 17.1 Å². The molecule has 0 aliphatic heterocycles. The van der Waals surface area contributed by atoms with E-state index in [-0.39, 0.29) is 11.6 Å². The van der Waals surface area contributed by atoms with Crippen molar-refractivity contribution in [3.05, 3.63) is 45.9 Å². The molecule has 8 nitrogen and oxygen atoms in total. The number of hydrogen-bond donors (Lipinski definition) is 1. The van der Waals surface area contributed by atoms with Gasteiger partial charge in [-0.05, 0) is 43.5 Å². The molecule has 0 bridgehead atoms. The lowest BCUT2D eigenvalue weighted by molar-refractivity contribution is -0.134. The van der Waals surface area contributed by atoms with Gasteiger partial charge in [-0.3, -0.25) is 9.48 Å². The molecule has 1 aliphatic carbocycles. The molecule has 0 radical (unpaired) electrons. The first-order chi connectivity index (χ1) is 15.0. The number of methoxy groups -OCH3 is 2. The molecular formula is C23H26N4O4. The first-order valence-corrected chi connectivity index (χ1v) is 10.5. The summed E-state index contributed by atoms with van der Waals surface area (Å²) in [7, 11) is 2.88. The Balaban J connectivity index is 1.76. The van der Waals surface area contributed by atoms with Crippen molar-refractivity contribution in [3.8, 4) is 17.1 Å². The number of H-pyrrole nitrogens is 1. The molecule has 31 heavy (non-hydrogen) atoms. The fraction of sp³-hybridized carbons (Fsp3) is 0.391. The standard InChI is InChI=1S/C23H26N4O4/c1-14-20-21(27(26-14)16-7-5-4-6-8-16)23(29)25-22(24-20)17-11-9-15(13-18(17)30-2)10-12-19(28)31-3/h9-13,16H,4-8H2,1-3H3,(H,24,25,29). The minimum absolute atomic E-state index is 0.206. The molecular weight excluding hydrogens is 396 g/mol. The zero-order valence-electron chi connectivity index (χ0n) is 18.0. The Hall–Kier alpha value is -3.42. The van der Waals surface area contributed by atoms with Crippen molar-refractivity contribution in [2.45, 2.75) is 45.1 Å². The molecule has 0 spiro atoms. The van der Waals surface area contributed by atoms with Gasteiger partial charge in [-0.15, -0.1) is 0 Å². The second-order valence-corrected chi connectivity index (χ2v) is 7.75. The van der Waals surface area contributed by atoms with Crippen molar-refractivity contribution in [3.63, 3.8) is 0 Å². The van der Waals surface area contributed by atoms with Crippen LogP contribution in [0.5, 0.6) is 5.75 Å². The van der Waals surface area contributed by atoms with E-state index in [1.165, 1.54) is 19.6 Å². The van der Waals surface area contributed by atoms with Crippen LogP contribution in [0.1, 0.15) is 49.4 Å². The lowest BCUT2D eigenvalue weighted by atomic mass is 9.95. The third kappa shape index (κ3) is 4.10. The van der Waals surface area contributed by atoms with Gasteiger partial charge in [0, 0.05) is 6.08 Å². The topological polar surface area (TPSA) is 99.1 Å². The fourth-order valence-corrected chi connectivity index (χ4v) is 4.15. The number of aryl methyl sites for hydroxylation is 1. The Morgan fingerprint density at radius 3 is 2.71 bits per heavy atom. The normalized spacial score (nSPS) is 14.9. The van der Waals surface area contributed by atoms with Gasteiger partial charge in [0.05, 0.1) is 31.5 Å². The van der Waals surface area contributed by atoms with Crippen LogP contribution in [-0.4, -0.2) is 39.9 Å². The predicted molar refractivity (Wildman–Crippen MR) is 118 cm³/mol. The summed E-state index contributed by atoms with van der Waals surface area (Å²) in [6.45, 7) is 1.88. The van der Waals surface area contributed by atoms with E-state index in [1.807, 2.05) is 17.7 Å². The number of rotatable bonds is 5. The molecule has 2 aromatic heterocycles. The highest BCUT2D eigenvalue weighted by molar-refractivity contribution is 5.87. The number of esters is 1. The largest absolute Gasteiger partial charge is 0.496 e. The maximum Gasteiger partial charge on any atom is 0.330 e. The Morgan fingerprint density at radius 1 is 1.23 bits per heavy atom. The average molecular weight is 422 g/mol. The molecule has 0 unspecified atom stereocenters. The fourth-order valence-electron chi connectivity index (χ4n) is 4.15. The average Bonchev–Trinajstić information content (AvgIpc) is 3.14. The molecule has 162 valence electrons. The molecule has 1 saturated carbocycles. The van der Waals surface area contributed by atoms with Crippen LogP contribution >= 0.6 is 0 Å². The van der Waals surface area contributed by atoms with Gasteiger partial charge in [-0.25, -0.2) is 9.78 Å². The number of hydrogen-bond acceptors (Lipinski definition) is 6. The van der Waals surface area contributed by atoms with Gasteiger partial charge in [0.25, 0.3) is 5.56 Å². The van der Waals surface area contributed by atoms with Gasteiger partial charge >= 0.3 is 5.97 Å². The summed E-state index contributed by atoms with van der Waals surface area (Å²) in [5.41, 5.74) is 3.09. The third-order valence-corrected chi connectivity index (χ3v) is 5.74. The van der Waals surface area contributed by atoms with Gasteiger partial charge < -0.3 is 14.5 Å². The van der Waals surface area contributed by atoms with Crippen LogP contribution in [-0.2, 0) is 9.53 Å². The monoisotopic (exact) mass is 422 g/mol. The van der Waals surface area contributed by atoms with E-state index in [0.29, 0.717) is 28.2 Å². The van der Waals surface area contributed by atoms with Crippen molar-refractivity contribution in [2.75, 3.05) is 14.2 Å². The van der Waals surface area contributed by atoms with Crippen LogP contribution < -0.4 is 10.3 Å². The number of aromatic amines is 1. The molecule has 8 heteroatoms. The number of ether oxygens (including phenoxy) is 2. The summed E-state index contributed by atoms with van der Waals surface area (Å²) in [6, 6.07) is 5.65. The third-order valence-electron chi connectivity index (χ3n) is 5.74. The first kappa shape index (κ1) is 20.8. The Kier molecular flexibility index (Phi) is 5.88. The van der Waals surface area contributed by atoms with E-state index in [4.69, 9.17) is 9.72 Å². The number of carbonyl (C=O) groups excluding carboxylic acids is 1. The summed E-state index contributed by atoms with van der Waals surface area (Å²) in [6.07, 6.45) is 8.58. The van der Waals surface area contributed by atoms with Crippen molar-refractivity contribution in [1.82, 2.24) is 19.7 Å². The van der Waals surface area contributed by atoms with Crippen LogP contribution in [0.2, 0.25) is 0 Å². The van der Waals surface area contributed by atoms with Crippen molar-refractivity contribution >= 4 is 23.1 Å². The van der Waals surface area contributed by atoms with Crippen molar-refractivity contribution in [2.24, 2.45) is 0 Å². The smallest absolute Gasteiger partial charge is 0.330 e. The zero-order valence-corrected chi connectivity index (χ0v) is 18.0. The minimum Gasteiger partial charge on any atom is -0.496 e. The molecule has 1 aliphatic rings. The molecule has 3 aromatic rings. The highest BCUT2D eigenvalue weighted by Gasteiger charge is 2.23. The Morgan fingerprint density at radius 2 is 2.00 bits per heavy atom. The number of nitrogens with one attached hydrogen (secondary N) is 1. The van der Waals surface area contributed by atoms with Crippen LogP contribution in [0.3, 0.4) is 0 Å². The predicted octanol–water partition coefficient (Wildman–Crippen LogP) is 3.80. The number of nitrogens with zero attached hydrogens (tertiary/aromatic N) is 3. The maximum atomic E-state index is 13.1. The van der Waals surface area contributed by atoms with E-state index in [9.17, 15) is 9.59 Å². The quantitative estimate of drug-likeness (QED) is 0.496. The van der Waals surface area contributed by atoms with Gasteiger partial charge in [-0.2, -0.15) is 5.10 Å². The van der Waals surface area contributed by atoms with Crippen LogP contribution in [0, 0.1) is 6.92 Å². The number of aromatic nitrogens is 4. The zero-order chi connectivity index (χ0) is 22.0. The molecule has 0 atom stereocenters. The number of carbonyl (C=O) groups is 1. The molecule has 1 N–H and O–H groups in total. The first-order valence-electron chi connectivity index (χ1n) is 10.5. The summed E-state index contributed by atoms with van der Waals surface area (Å²) >= 11 is 0. The highest BCUT2D eigenvalue weighted by atomic mass is 16.5. The SMILES string of the molecule is COC(=O)C=Cc1ccc(-c2nc3c(C)nn(C4CCCCC4)c3c(=O)[nH]2)c(OC)c1. The number of fused-ring (bicyclic) bond motifs is 1. The maximum absolute atomic E-state index is 13.1. The van der Waals surface area contributed by atoms with Gasteiger partial charge in [0.15, 0.2) is 5.52 Å². The lowest BCUT2D eigenvalue weighted by Gasteiger charge is -2.22. The summed E-state index contributed by atoms with van der Waals surface area (Å²) in [5.74, 6) is 0.515. The highest BCUT2D eigenvalue weighted by Crippen LogP contribution is 2.32. The molecule has 0 saturated heterocycles. The second-order valence-electron chi connectivity index (χ2n) is 7.75. The molecule has 4 rings (SSSR count). The van der Waals surface area contributed by atoms with Crippen molar-refractivity contribution in [1.29, 1.82) is 0 Å². The van der Waals surface area contributed by atoms with Gasteiger partial charge in [-0.1, -0.05) is 25.3 Å². The van der Waals surface area contributed by atoms with Crippen molar-refractivity contribution < 1.29 is 14.3 Å². The summed E-state index contributed by atoms with van der Waals surface area (Å²) in [4.78, 5) is 32.1. The van der Waals surface area contributed by atoms with Gasteiger partial charge in [0.2, 0.25) is 0 Å². The van der Waals surface area contributed by atoms with E-state index in [1.54, 1.807) is 25.3 Å². The Bertz CT molecular complexity index is 1200. The van der Waals surface area contributed by atoms with Crippen LogP contribution in [0.25, 0.3) is 28.5 Å². The number of benzene rings is 1. The molecule has 0 amide bonds. The van der Waals surface area contributed by atoms with Crippen LogP contribution in [0.15, 0.2) is 29.1 Å². The molecule has 1 fully saturated rings. The van der Waals surface area contributed by atoms with E-state index in [2.05, 4.69) is 14.8 Å². The Labute approximate surface area is 179 Å². The lowest BCUT2D eigenvalue weighted by Crippen LogP contribution is -2.19. The minimum atomic E-state index is -0.440. The summed E-state index contributed by atoms with van der Waals surface area (Å²) < 4.78 is 12.0. The van der Waals surface area contributed by atoms with Crippen LogP contribution in [0.4, 0.5) is 0 Å². The molecule has 2 heterocycles. The van der Waals surface area contributed by atoms with E-state index < -0.39 is 5.97 Å². The second kappa shape index (κ2) is 8.75.